The first-order chi connectivity index (χ1) is 13.8. The van der Waals surface area contributed by atoms with Gasteiger partial charge in [-0.3, -0.25) is 14.9 Å². The molecule has 0 bridgehead atoms. The van der Waals surface area contributed by atoms with Crippen LogP contribution in [0, 0.1) is 0 Å². The van der Waals surface area contributed by atoms with Gasteiger partial charge in [0.05, 0.1) is 12.1 Å². The van der Waals surface area contributed by atoms with E-state index in [-0.39, 0.29) is 0 Å². The third kappa shape index (κ3) is 14.1. The summed E-state index contributed by atoms with van der Waals surface area (Å²) in [5.41, 5.74) is 27.7. The molecule has 0 radical (unpaired) electrons. The average Bonchev–Trinajstić information content (AvgIpc) is 2.69. The summed E-state index contributed by atoms with van der Waals surface area (Å²) in [5, 5.41) is 8.22. The number of nitrogens with two attached hydrogens (primary N) is 5. The minimum Gasteiger partial charge on any atom is -0.345 e. The summed E-state index contributed by atoms with van der Waals surface area (Å²) in [6.07, 6.45) is 4.93. The van der Waals surface area contributed by atoms with Gasteiger partial charge in [-0.05, 0) is 71.0 Å². The van der Waals surface area contributed by atoms with E-state index in [1.165, 1.54) is 0 Å². The highest BCUT2D eigenvalue weighted by atomic mass is 16.2. The van der Waals surface area contributed by atoms with Crippen LogP contribution in [0.1, 0.15) is 51.4 Å². The zero-order chi connectivity index (χ0) is 22.1. The fraction of sp³-hybridized carbons (Fsp3) is 0.833. The van der Waals surface area contributed by atoms with Gasteiger partial charge in [-0.15, -0.1) is 0 Å². The fourth-order valence-corrected chi connectivity index (χ4v) is 2.73. The molecule has 0 aromatic rings. The Balaban J connectivity index is 4.69. The average molecular weight is 417 g/mol. The number of rotatable bonds is 18. The first kappa shape index (κ1) is 27.4. The number of amides is 2. The van der Waals surface area contributed by atoms with Gasteiger partial charge in [0.15, 0.2) is 0 Å². The van der Waals surface area contributed by atoms with Crippen molar-refractivity contribution in [2.24, 2.45) is 28.7 Å². The van der Waals surface area contributed by atoms with Gasteiger partial charge in [0.25, 0.3) is 0 Å². The molecule has 3 atom stereocenters. The van der Waals surface area contributed by atoms with E-state index < -0.39 is 36.2 Å². The predicted octanol–water partition coefficient (Wildman–Crippen LogP) is -2.69. The van der Waals surface area contributed by atoms with Crippen LogP contribution in [0.3, 0.4) is 0 Å². The van der Waals surface area contributed by atoms with Crippen LogP contribution in [0.5, 0.6) is 0 Å². The van der Waals surface area contributed by atoms with Gasteiger partial charge in [-0.25, -0.2) is 0 Å². The number of nitrogens with one attached hydrogen (secondary N) is 3. The van der Waals surface area contributed by atoms with Crippen LogP contribution in [0.2, 0.25) is 0 Å². The summed E-state index contributed by atoms with van der Waals surface area (Å²) < 4.78 is 0. The van der Waals surface area contributed by atoms with Crippen molar-refractivity contribution >= 4 is 18.1 Å². The first-order valence-corrected chi connectivity index (χ1v) is 10.3. The van der Waals surface area contributed by atoms with E-state index >= 15 is 0 Å². The third-order valence-corrected chi connectivity index (χ3v) is 4.45. The molecule has 170 valence electrons. The van der Waals surface area contributed by atoms with Crippen LogP contribution in [-0.2, 0) is 14.4 Å². The smallest absolute Gasteiger partial charge is 0.243 e. The van der Waals surface area contributed by atoms with Gasteiger partial charge in [-0.1, -0.05) is 0 Å². The van der Waals surface area contributed by atoms with Gasteiger partial charge in [0, 0.05) is 0 Å². The lowest BCUT2D eigenvalue weighted by atomic mass is 10.1. The highest BCUT2D eigenvalue weighted by molar-refractivity contribution is 5.90. The van der Waals surface area contributed by atoms with Gasteiger partial charge in [0.1, 0.15) is 18.6 Å². The molecule has 0 aliphatic carbocycles. The van der Waals surface area contributed by atoms with Crippen LogP contribution >= 0.6 is 0 Å². The van der Waals surface area contributed by atoms with Crippen molar-refractivity contribution in [1.82, 2.24) is 16.0 Å². The Bertz CT molecular complexity index is 464. The predicted molar refractivity (Wildman–Crippen MR) is 113 cm³/mol. The monoisotopic (exact) mass is 416 g/mol. The molecule has 0 saturated heterocycles. The summed E-state index contributed by atoms with van der Waals surface area (Å²) in [5.74, 6) is -0.816. The Labute approximate surface area is 173 Å². The van der Waals surface area contributed by atoms with E-state index in [4.69, 9.17) is 28.7 Å². The Morgan fingerprint density at radius 1 is 0.793 bits per heavy atom. The van der Waals surface area contributed by atoms with Crippen molar-refractivity contribution in [2.75, 3.05) is 19.6 Å². The second kappa shape index (κ2) is 17.2. The van der Waals surface area contributed by atoms with Crippen LogP contribution in [0.25, 0.3) is 0 Å². The molecule has 0 aromatic carbocycles. The number of aldehydes is 1. The lowest BCUT2D eigenvalue weighted by molar-refractivity contribution is -0.131. The largest absolute Gasteiger partial charge is 0.345 e. The third-order valence-electron chi connectivity index (χ3n) is 4.45. The van der Waals surface area contributed by atoms with Gasteiger partial charge in [-0.2, -0.15) is 0 Å². The molecule has 0 aliphatic rings. The number of carbonyl (C=O) groups excluding carboxylic acids is 3. The van der Waals surface area contributed by atoms with E-state index in [1.54, 1.807) is 0 Å². The molecule has 11 nitrogen and oxygen atoms in total. The van der Waals surface area contributed by atoms with E-state index in [2.05, 4.69) is 16.0 Å². The summed E-state index contributed by atoms with van der Waals surface area (Å²) >= 11 is 0. The van der Waals surface area contributed by atoms with Crippen LogP contribution < -0.4 is 44.6 Å². The lowest BCUT2D eigenvalue weighted by Gasteiger charge is -2.22. The van der Waals surface area contributed by atoms with Crippen LogP contribution in [0.15, 0.2) is 0 Å². The second-order valence-electron chi connectivity index (χ2n) is 7.11. The number of carbonyl (C=O) groups is 3. The maximum atomic E-state index is 12.6. The minimum absolute atomic E-state index is 0.400. The van der Waals surface area contributed by atoms with Gasteiger partial charge in [0.2, 0.25) is 11.8 Å². The van der Waals surface area contributed by atoms with Crippen molar-refractivity contribution in [3.63, 3.8) is 0 Å². The highest BCUT2D eigenvalue weighted by Crippen LogP contribution is 2.05. The molecule has 0 aliphatic heterocycles. The number of hydrogen-bond donors (Lipinski definition) is 8. The molecule has 1 unspecified atom stereocenters. The molecule has 0 saturated carbocycles. The lowest BCUT2D eigenvalue weighted by Crippen LogP contribution is -2.53. The molecule has 29 heavy (non-hydrogen) atoms. The Kier molecular flexibility index (Phi) is 16.3. The Morgan fingerprint density at radius 2 is 1.41 bits per heavy atom. The van der Waals surface area contributed by atoms with Crippen molar-refractivity contribution in [3.8, 4) is 0 Å². The van der Waals surface area contributed by atoms with E-state index in [9.17, 15) is 14.4 Å². The second-order valence-corrected chi connectivity index (χ2v) is 7.11. The van der Waals surface area contributed by atoms with Crippen LogP contribution in [0.4, 0.5) is 0 Å². The van der Waals surface area contributed by atoms with Crippen molar-refractivity contribution in [2.45, 2.75) is 75.8 Å². The molecule has 0 heterocycles. The Hall–Kier alpha value is -1.63. The molecular weight excluding hydrogens is 376 g/mol. The number of hydrogen-bond acceptors (Lipinski definition) is 9. The maximum absolute atomic E-state index is 12.6. The molecule has 2 amide bonds. The Morgan fingerprint density at radius 3 is 1.97 bits per heavy atom. The topological polar surface area (TPSA) is 217 Å². The van der Waals surface area contributed by atoms with Gasteiger partial charge < -0.3 is 44.1 Å². The summed E-state index contributed by atoms with van der Waals surface area (Å²) in [4.78, 5) is 36.3. The van der Waals surface area contributed by atoms with Gasteiger partial charge >= 0.3 is 0 Å². The quantitative estimate of drug-likeness (QED) is 0.0661. The molecule has 0 aromatic heterocycles. The normalized spacial score (nSPS) is 14.3. The van der Waals surface area contributed by atoms with E-state index in [0.29, 0.717) is 58.0 Å². The summed E-state index contributed by atoms with van der Waals surface area (Å²) in [7, 11) is 0. The molecular formula is C18H40N8O3. The SMILES string of the molecule is NCCCCC(C=O)NC(=O)[C@H](CCCCN)NC(=O)[C@@H](N)CCCNC(N)N. The van der Waals surface area contributed by atoms with E-state index in [1.807, 2.05) is 0 Å². The fourth-order valence-electron chi connectivity index (χ4n) is 2.73. The molecule has 0 rings (SSSR count). The summed E-state index contributed by atoms with van der Waals surface area (Å²) in [6.45, 7) is 1.55. The van der Waals surface area contributed by atoms with E-state index in [0.717, 1.165) is 19.3 Å². The summed E-state index contributed by atoms with van der Waals surface area (Å²) in [6, 6.07) is -2.14. The van der Waals surface area contributed by atoms with Crippen molar-refractivity contribution in [1.29, 1.82) is 0 Å². The molecule has 11 heteroatoms. The standard InChI is InChI=1S/C18H40N8O3/c19-9-3-1-6-13(12-27)25-17(29)15(8-2-4-10-20)26-16(28)14(21)7-5-11-24-18(22)23/h12-15,18,24H,1-11,19-23H2,(H,25,29)(H,26,28)/t13?,14-,15-/m0/s1. The van der Waals surface area contributed by atoms with Crippen molar-refractivity contribution in [3.05, 3.63) is 0 Å². The molecule has 0 spiro atoms. The zero-order valence-corrected chi connectivity index (χ0v) is 17.3. The van der Waals surface area contributed by atoms with Crippen molar-refractivity contribution < 1.29 is 14.4 Å². The zero-order valence-electron chi connectivity index (χ0n) is 17.3. The number of unbranched alkanes of at least 4 members (excludes halogenated alkanes) is 2. The maximum Gasteiger partial charge on any atom is 0.243 e. The molecule has 13 N–H and O–H groups in total. The highest BCUT2D eigenvalue weighted by Gasteiger charge is 2.25. The van der Waals surface area contributed by atoms with Crippen LogP contribution in [-0.4, -0.2) is 62.2 Å². The minimum atomic E-state index is -0.771. The molecule has 0 fully saturated rings. The first-order valence-electron chi connectivity index (χ1n) is 10.3.